The second-order valence-electron chi connectivity index (χ2n) is 4.95. The van der Waals surface area contributed by atoms with Gasteiger partial charge in [0.2, 0.25) is 0 Å². The summed E-state index contributed by atoms with van der Waals surface area (Å²) in [5, 5.41) is 12.4. The SMILES string of the molecule is CCCc1nc(NC)c(C)c(N(CCO)C(C)C)n1. The number of aromatic nitrogens is 2. The van der Waals surface area contributed by atoms with Crippen LogP contribution in [-0.4, -0.2) is 41.3 Å². The second kappa shape index (κ2) is 7.28. The highest BCUT2D eigenvalue weighted by Gasteiger charge is 2.18. The van der Waals surface area contributed by atoms with Crippen LogP contribution in [0.15, 0.2) is 0 Å². The molecule has 0 aliphatic heterocycles. The number of hydrogen-bond donors (Lipinski definition) is 2. The monoisotopic (exact) mass is 266 g/mol. The third kappa shape index (κ3) is 3.80. The van der Waals surface area contributed by atoms with Crippen molar-refractivity contribution < 1.29 is 5.11 Å². The van der Waals surface area contributed by atoms with Gasteiger partial charge in [0.05, 0.1) is 6.61 Å². The van der Waals surface area contributed by atoms with Gasteiger partial charge in [-0.25, -0.2) is 9.97 Å². The highest BCUT2D eigenvalue weighted by atomic mass is 16.3. The Balaban J connectivity index is 3.25. The minimum Gasteiger partial charge on any atom is -0.395 e. The molecule has 1 heterocycles. The quantitative estimate of drug-likeness (QED) is 0.790. The lowest BCUT2D eigenvalue weighted by Crippen LogP contribution is -2.35. The third-order valence-corrected chi connectivity index (χ3v) is 3.11. The molecule has 0 radical (unpaired) electrons. The zero-order chi connectivity index (χ0) is 14.4. The van der Waals surface area contributed by atoms with E-state index in [1.165, 1.54) is 0 Å². The first-order valence-electron chi connectivity index (χ1n) is 6.97. The Kier molecular flexibility index (Phi) is 6.02. The van der Waals surface area contributed by atoms with Gasteiger partial charge in [0.1, 0.15) is 17.5 Å². The minimum atomic E-state index is 0.125. The average molecular weight is 266 g/mol. The fourth-order valence-corrected chi connectivity index (χ4v) is 2.12. The molecule has 1 rings (SSSR count). The molecule has 0 aliphatic carbocycles. The second-order valence-corrected chi connectivity index (χ2v) is 4.95. The van der Waals surface area contributed by atoms with E-state index in [1.807, 2.05) is 14.0 Å². The molecule has 2 N–H and O–H groups in total. The summed E-state index contributed by atoms with van der Waals surface area (Å²) in [6, 6.07) is 0.292. The van der Waals surface area contributed by atoms with Crippen molar-refractivity contribution in [3.8, 4) is 0 Å². The van der Waals surface area contributed by atoms with Crippen LogP contribution in [0.3, 0.4) is 0 Å². The standard InChI is InChI=1S/C14H26N4O/c1-6-7-12-16-13(15-5)11(4)14(17-12)18(8-9-19)10(2)3/h10,19H,6-9H2,1-5H3,(H,15,16,17). The van der Waals surface area contributed by atoms with Crippen molar-refractivity contribution in [3.05, 3.63) is 11.4 Å². The van der Waals surface area contributed by atoms with Gasteiger partial charge in [0.15, 0.2) is 0 Å². The molecule has 0 fully saturated rings. The molecule has 1 aromatic rings. The first kappa shape index (κ1) is 15.7. The van der Waals surface area contributed by atoms with E-state index in [2.05, 4.69) is 41.0 Å². The lowest BCUT2D eigenvalue weighted by atomic mass is 10.2. The number of nitrogens with zero attached hydrogens (tertiary/aromatic N) is 3. The van der Waals surface area contributed by atoms with Gasteiger partial charge in [-0.1, -0.05) is 6.92 Å². The summed E-state index contributed by atoms with van der Waals surface area (Å²) in [4.78, 5) is 11.3. The number of anilines is 2. The van der Waals surface area contributed by atoms with Crippen LogP contribution in [-0.2, 0) is 6.42 Å². The molecule has 19 heavy (non-hydrogen) atoms. The number of hydrogen-bond acceptors (Lipinski definition) is 5. The first-order valence-corrected chi connectivity index (χ1v) is 6.97. The molecule has 0 amide bonds. The third-order valence-electron chi connectivity index (χ3n) is 3.11. The van der Waals surface area contributed by atoms with Crippen LogP contribution in [0.4, 0.5) is 11.6 Å². The minimum absolute atomic E-state index is 0.125. The van der Waals surface area contributed by atoms with E-state index in [0.29, 0.717) is 12.6 Å². The predicted molar refractivity (Wildman–Crippen MR) is 79.9 cm³/mol. The molecule has 5 heteroatoms. The van der Waals surface area contributed by atoms with Crippen LogP contribution in [0.5, 0.6) is 0 Å². The van der Waals surface area contributed by atoms with Crippen molar-refractivity contribution in [2.45, 2.75) is 46.6 Å². The van der Waals surface area contributed by atoms with Crippen molar-refractivity contribution in [1.29, 1.82) is 0 Å². The predicted octanol–water partition coefficient (Wildman–Crippen LogP) is 1.99. The molecule has 0 aromatic carbocycles. The Morgan fingerprint density at radius 1 is 1.32 bits per heavy atom. The molecular formula is C14H26N4O. The number of rotatable bonds is 7. The molecule has 0 atom stereocenters. The molecule has 0 bridgehead atoms. The molecule has 1 aromatic heterocycles. The first-order chi connectivity index (χ1) is 9.04. The van der Waals surface area contributed by atoms with Crippen LogP contribution < -0.4 is 10.2 Å². The summed E-state index contributed by atoms with van der Waals surface area (Å²) < 4.78 is 0. The van der Waals surface area contributed by atoms with Crippen LogP contribution in [0.2, 0.25) is 0 Å². The normalized spacial score (nSPS) is 10.9. The average Bonchev–Trinajstić information content (AvgIpc) is 2.38. The maximum atomic E-state index is 9.24. The van der Waals surface area contributed by atoms with Gasteiger partial charge in [-0.3, -0.25) is 0 Å². The molecule has 0 aliphatic rings. The molecule has 108 valence electrons. The molecule has 0 spiro atoms. The van der Waals surface area contributed by atoms with Gasteiger partial charge in [-0.2, -0.15) is 0 Å². The summed E-state index contributed by atoms with van der Waals surface area (Å²) in [6.07, 6.45) is 1.89. The van der Waals surface area contributed by atoms with Crippen LogP contribution in [0, 0.1) is 6.92 Å². The van der Waals surface area contributed by atoms with Crippen molar-refractivity contribution in [3.63, 3.8) is 0 Å². The van der Waals surface area contributed by atoms with Crippen LogP contribution >= 0.6 is 0 Å². The van der Waals surface area contributed by atoms with Crippen molar-refractivity contribution in [2.24, 2.45) is 0 Å². The topological polar surface area (TPSA) is 61.3 Å². The Morgan fingerprint density at radius 3 is 2.47 bits per heavy atom. The molecule has 0 unspecified atom stereocenters. The molecule has 0 saturated heterocycles. The van der Waals surface area contributed by atoms with E-state index < -0.39 is 0 Å². The van der Waals surface area contributed by atoms with Gasteiger partial charge in [0.25, 0.3) is 0 Å². The maximum Gasteiger partial charge on any atom is 0.137 e. The van der Waals surface area contributed by atoms with Crippen molar-refractivity contribution >= 4 is 11.6 Å². The van der Waals surface area contributed by atoms with E-state index in [4.69, 9.17) is 0 Å². The Labute approximate surface area is 116 Å². The fourth-order valence-electron chi connectivity index (χ4n) is 2.12. The number of aryl methyl sites for hydroxylation is 1. The van der Waals surface area contributed by atoms with E-state index >= 15 is 0 Å². The summed E-state index contributed by atoms with van der Waals surface area (Å²) in [7, 11) is 1.88. The van der Waals surface area contributed by atoms with Gasteiger partial charge in [-0.15, -0.1) is 0 Å². The Hall–Kier alpha value is -1.36. The van der Waals surface area contributed by atoms with Crippen molar-refractivity contribution in [1.82, 2.24) is 9.97 Å². The largest absolute Gasteiger partial charge is 0.395 e. The highest BCUT2D eigenvalue weighted by molar-refractivity contribution is 5.58. The Morgan fingerprint density at radius 2 is 2.00 bits per heavy atom. The fraction of sp³-hybridized carbons (Fsp3) is 0.714. The molecular weight excluding hydrogens is 240 g/mol. The lowest BCUT2D eigenvalue weighted by Gasteiger charge is -2.29. The highest BCUT2D eigenvalue weighted by Crippen LogP contribution is 2.25. The molecule has 5 nitrogen and oxygen atoms in total. The van der Waals surface area contributed by atoms with E-state index in [9.17, 15) is 5.11 Å². The number of aliphatic hydroxyl groups excluding tert-OH is 1. The summed E-state index contributed by atoms with van der Waals surface area (Å²) in [5.74, 6) is 2.65. The van der Waals surface area contributed by atoms with E-state index in [0.717, 1.165) is 35.9 Å². The zero-order valence-corrected chi connectivity index (χ0v) is 12.7. The van der Waals surface area contributed by atoms with E-state index in [-0.39, 0.29) is 6.61 Å². The molecule has 0 saturated carbocycles. The van der Waals surface area contributed by atoms with Crippen LogP contribution in [0.25, 0.3) is 0 Å². The van der Waals surface area contributed by atoms with Gasteiger partial charge >= 0.3 is 0 Å². The summed E-state index contributed by atoms with van der Waals surface area (Å²) >= 11 is 0. The van der Waals surface area contributed by atoms with Crippen molar-refractivity contribution in [2.75, 3.05) is 30.4 Å². The van der Waals surface area contributed by atoms with Crippen LogP contribution in [0.1, 0.15) is 38.6 Å². The zero-order valence-electron chi connectivity index (χ0n) is 12.7. The number of aliphatic hydroxyl groups is 1. The summed E-state index contributed by atoms with van der Waals surface area (Å²) in [5.41, 5.74) is 1.03. The van der Waals surface area contributed by atoms with Gasteiger partial charge in [-0.05, 0) is 27.2 Å². The number of nitrogens with one attached hydrogen (secondary N) is 1. The van der Waals surface area contributed by atoms with E-state index in [1.54, 1.807) is 0 Å². The Bertz CT molecular complexity index is 407. The lowest BCUT2D eigenvalue weighted by molar-refractivity contribution is 0.298. The summed E-state index contributed by atoms with van der Waals surface area (Å²) in [6.45, 7) is 9.06. The smallest absolute Gasteiger partial charge is 0.137 e. The maximum absolute atomic E-state index is 9.24. The van der Waals surface area contributed by atoms with Gasteiger partial charge < -0.3 is 15.3 Å². The van der Waals surface area contributed by atoms with Gasteiger partial charge in [0, 0.05) is 31.6 Å².